The Morgan fingerprint density at radius 1 is 0.852 bits per heavy atom. The largest absolute Gasteiger partial charge is 0.289 e. The van der Waals surface area contributed by atoms with Gasteiger partial charge in [-0.2, -0.15) is 0 Å². The van der Waals surface area contributed by atoms with Gasteiger partial charge in [-0.25, -0.2) is 12.8 Å². The van der Waals surface area contributed by atoms with Gasteiger partial charge in [-0.1, -0.05) is 54.6 Å². The predicted molar refractivity (Wildman–Crippen MR) is 103 cm³/mol. The lowest BCUT2D eigenvalue weighted by molar-refractivity contribution is 0.103. The quantitative estimate of drug-likeness (QED) is 0.486. The summed E-state index contributed by atoms with van der Waals surface area (Å²) in [4.78, 5) is 12.5. The minimum Gasteiger partial charge on any atom is -0.289 e. The van der Waals surface area contributed by atoms with Gasteiger partial charge in [-0.3, -0.25) is 4.79 Å². The second-order valence-corrected chi connectivity index (χ2v) is 8.34. The van der Waals surface area contributed by atoms with Crippen molar-refractivity contribution in [3.05, 3.63) is 95.3 Å². The molecule has 0 unspecified atom stereocenters. The van der Waals surface area contributed by atoms with Crippen molar-refractivity contribution in [2.75, 3.05) is 5.75 Å². The summed E-state index contributed by atoms with van der Waals surface area (Å²) in [6, 6.07) is 20.5. The van der Waals surface area contributed by atoms with E-state index in [-0.39, 0.29) is 21.8 Å². The summed E-state index contributed by atoms with van der Waals surface area (Å²) in [5, 5.41) is 0. The summed E-state index contributed by atoms with van der Waals surface area (Å²) in [7, 11) is -3.67. The van der Waals surface area contributed by atoms with E-state index in [1.165, 1.54) is 0 Å². The van der Waals surface area contributed by atoms with Gasteiger partial charge in [0.15, 0.2) is 15.6 Å². The maximum Gasteiger partial charge on any atom is 0.191 e. The van der Waals surface area contributed by atoms with Gasteiger partial charge in [0.2, 0.25) is 0 Å². The summed E-state index contributed by atoms with van der Waals surface area (Å²) >= 11 is 0. The van der Waals surface area contributed by atoms with Gasteiger partial charge in [-0.05, 0) is 41.0 Å². The standard InChI is InChI=1S/C22H15FO3S/c23-19-10-11-21-20(13-19)22(24)18(14-27(21,25)26)12-15-6-8-17(9-7-15)16-4-2-1-3-5-16/h1-13H,14H2/b18-12+. The van der Waals surface area contributed by atoms with Crippen LogP contribution in [-0.4, -0.2) is 20.0 Å². The summed E-state index contributed by atoms with van der Waals surface area (Å²) in [6.45, 7) is 0. The Kier molecular flexibility index (Phi) is 4.24. The third-order valence-electron chi connectivity index (χ3n) is 4.52. The van der Waals surface area contributed by atoms with E-state index in [2.05, 4.69) is 0 Å². The van der Waals surface area contributed by atoms with Gasteiger partial charge < -0.3 is 0 Å². The van der Waals surface area contributed by atoms with Gasteiger partial charge in [0.05, 0.1) is 10.6 Å². The molecule has 5 heteroatoms. The lowest BCUT2D eigenvalue weighted by Gasteiger charge is -2.18. The maximum absolute atomic E-state index is 13.5. The van der Waals surface area contributed by atoms with Gasteiger partial charge in [0.1, 0.15) is 5.82 Å². The van der Waals surface area contributed by atoms with Gasteiger partial charge in [-0.15, -0.1) is 0 Å². The molecule has 1 aliphatic rings. The highest BCUT2D eigenvalue weighted by Gasteiger charge is 2.32. The molecule has 1 aliphatic heterocycles. The van der Waals surface area contributed by atoms with Crippen LogP contribution in [0.1, 0.15) is 15.9 Å². The number of carbonyl (C=O) groups is 1. The van der Waals surface area contributed by atoms with Crippen molar-refractivity contribution in [2.45, 2.75) is 4.90 Å². The van der Waals surface area contributed by atoms with E-state index in [4.69, 9.17) is 0 Å². The summed E-state index contributed by atoms with van der Waals surface area (Å²) < 4.78 is 38.4. The lowest BCUT2D eigenvalue weighted by Crippen LogP contribution is -2.24. The van der Waals surface area contributed by atoms with Crippen LogP contribution in [0.5, 0.6) is 0 Å². The molecule has 0 amide bonds. The molecule has 0 bridgehead atoms. The molecule has 0 radical (unpaired) electrons. The Bertz CT molecular complexity index is 1160. The molecule has 0 fully saturated rings. The molecule has 3 nitrogen and oxygen atoms in total. The molecule has 134 valence electrons. The van der Waals surface area contributed by atoms with Crippen LogP contribution in [0.2, 0.25) is 0 Å². The number of sulfone groups is 1. The van der Waals surface area contributed by atoms with Crippen LogP contribution in [0.4, 0.5) is 4.39 Å². The fourth-order valence-electron chi connectivity index (χ4n) is 3.18. The monoisotopic (exact) mass is 378 g/mol. The van der Waals surface area contributed by atoms with Crippen molar-refractivity contribution in [1.82, 2.24) is 0 Å². The molecular formula is C22H15FO3S. The van der Waals surface area contributed by atoms with E-state index in [9.17, 15) is 17.6 Å². The second kappa shape index (κ2) is 6.59. The number of hydrogen-bond acceptors (Lipinski definition) is 3. The molecule has 1 heterocycles. The maximum atomic E-state index is 13.5. The molecule has 0 aromatic heterocycles. The zero-order chi connectivity index (χ0) is 19.0. The number of carbonyl (C=O) groups excluding carboxylic acids is 1. The first-order valence-corrected chi connectivity index (χ1v) is 10.0. The van der Waals surface area contributed by atoms with E-state index in [1.807, 2.05) is 54.6 Å². The molecular weight excluding hydrogens is 363 g/mol. The zero-order valence-electron chi connectivity index (χ0n) is 14.2. The van der Waals surface area contributed by atoms with Crippen LogP contribution >= 0.6 is 0 Å². The molecule has 0 spiro atoms. The minimum atomic E-state index is -3.67. The van der Waals surface area contributed by atoms with Gasteiger partial charge >= 0.3 is 0 Å². The van der Waals surface area contributed by atoms with Crippen LogP contribution < -0.4 is 0 Å². The van der Waals surface area contributed by atoms with Crippen LogP contribution in [0, 0.1) is 5.82 Å². The highest BCUT2D eigenvalue weighted by molar-refractivity contribution is 7.91. The fourth-order valence-corrected chi connectivity index (χ4v) is 4.72. The topological polar surface area (TPSA) is 51.2 Å². The van der Waals surface area contributed by atoms with E-state index >= 15 is 0 Å². The van der Waals surface area contributed by atoms with E-state index in [0.717, 1.165) is 29.3 Å². The molecule has 4 rings (SSSR count). The number of benzene rings is 3. The van der Waals surface area contributed by atoms with Crippen LogP contribution in [0.25, 0.3) is 17.2 Å². The molecule has 0 atom stereocenters. The molecule has 0 saturated heterocycles. The number of fused-ring (bicyclic) bond motifs is 1. The lowest BCUT2D eigenvalue weighted by atomic mass is 9.99. The first kappa shape index (κ1) is 17.4. The summed E-state index contributed by atoms with van der Waals surface area (Å²) in [6.07, 6.45) is 1.56. The Hall–Kier alpha value is -3.05. The first-order valence-electron chi connectivity index (χ1n) is 8.37. The predicted octanol–water partition coefficient (Wildman–Crippen LogP) is 4.55. The highest BCUT2D eigenvalue weighted by atomic mass is 32.2. The normalized spacial score (nSPS) is 16.9. The van der Waals surface area contributed by atoms with Crippen molar-refractivity contribution >= 4 is 21.7 Å². The average molecular weight is 378 g/mol. The Morgan fingerprint density at radius 2 is 1.52 bits per heavy atom. The third kappa shape index (κ3) is 3.34. The van der Waals surface area contributed by atoms with Crippen molar-refractivity contribution in [2.24, 2.45) is 0 Å². The van der Waals surface area contributed by atoms with Gasteiger partial charge in [0, 0.05) is 11.1 Å². The molecule has 3 aromatic carbocycles. The van der Waals surface area contributed by atoms with Crippen LogP contribution in [0.3, 0.4) is 0 Å². The SMILES string of the molecule is O=C1/C(=C/c2ccc(-c3ccccc3)cc2)CS(=O)(=O)c2ccc(F)cc21. The Balaban J connectivity index is 1.71. The first-order chi connectivity index (χ1) is 12.9. The van der Waals surface area contributed by atoms with E-state index in [1.54, 1.807) is 6.08 Å². The highest BCUT2D eigenvalue weighted by Crippen LogP contribution is 2.30. The van der Waals surface area contributed by atoms with Crippen molar-refractivity contribution < 1.29 is 17.6 Å². The zero-order valence-corrected chi connectivity index (χ0v) is 15.0. The number of rotatable bonds is 2. The minimum absolute atomic E-state index is 0.103. The van der Waals surface area contributed by atoms with Crippen molar-refractivity contribution in [1.29, 1.82) is 0 Å². The van der Waals surface area contributed by atoms with Crippen LogP contribution in [-0.2, 0) is 9.84 Å². The van der Waals surface area contributed by atoms with Crippen molar-refractivity contribution in [3.8, 4) is 11.1 Å². The third-order valence-corrected chi connectivity index (χ3v) is 6.23. The number of hydrogen-bond donors (Lipinski definition) is 0. The smallest absolute Gasteiger partial charge is 0.191 e. The Labute approximate surface area is 156 Å². The number of Topliss-reactive ketones (excluding diaryl/α,β-unsaturated/α-hetero) is 1. The van der Waals surface area contributed by atoms with Crippen molar-refractivity contribution in [3.63, 3.8) is 0 Å². The molecule has 0 N–H and O–H groups in total. The second-order valence-electron chi connectivity index (χ2n) is 6.39. The molecule has 0 aliphatic carbocycles. The molecule has 27 heavy (non-hydrogen) atoms. The number of ketones is 1. The summed E-state index contributed by atoms with van der Waals surface area (Å²) in [5.41, 5.74) is 2.84. The molecule has 3 aromatic rings. The fraction of sp³-hybridized carbons (Fsp3) is 0.0455. The van der Waals surface area contributed by atoms with E-state index < -0.39 is 21.4 Å². The summed E-state index contributed by atoms with van der Waals surface area (Å²) in [5.74, 6) is -1.47. The van der Waals surface area contributed by atoms with Crippen LogP contribution in [0.15, 0.2) is 83.3 Å². The van der Waals surface area contributed by atoms with E-state index in [0.29, 0.717) is 5.56 Å². The molecule has 0 saturated carbocycles. The number of halogens is 1. The Morgan fingerprint density at radius 3 is 2.22 bits per heavy atom. The van der Waals surface area contributed by atoms with Gasteiger partial charge in [0.25, 0.3) is 0 Å². The average Bonchev–Trinajstić information content (AvgIpc) is 2.67.